The Labute approximate surface area is 174 Å². The molecule has 162 valence electrons. The summed E-state index contributed by atoms with van der Waals surface area (Å²) >= 11 is 0.965. The first-order valence-corrected chi connectivity index (χ1v) is 9.68. The highest BCUT2D eigenvalue weighted by Gasteiger charge is 2.33. The Morgan fingerprint density at radius 1 is 1.17 bits per heavy atom. The van der Waals surface area contributed by atoms with Gasteiger partial charge in [0.25, 0.3) is 5.91 Å². The highest BCUT2D eigenvalue weighted by Crippen LogP contribution is 2.29. The average Bonchev–Trinajstić information content (AvgIpc) is 3.18. The summed E-state index contributed by atoms with van der Waals surface area (Å²) in [6, 6.07) is 6.72. The minimum Gasteiger partial charge on any atom is -0.368 e. The SMILES string of the molecule is CN=C(NCCc1nc(C(F)(F)F)cs1)NCc1ccc(C(=O)NCC(N)=O)cc1. The van der Waals surface area contributed by atoms with Gasteiger partial charge < -0.3 is 21.7 Å². The molecule has 0 fully saturated rings. The summed E-state index contributed by atoms with van der Waals surface area (Å²) in [7, 11) is 1.58. The Hall–Kier alpha value is -3.15. The number of guanidine groups is 1. The van der Waals surface area contributed by atoms with Gasteiger partial charge in [-0.05, 0) is 17.7 Å². The van der Waals surface area contributed by atoms with Crippen LogP contribution in [-0.4, -0.2) is 42.9 Å². The number of thiazole rings is 1. The minimum atomic E-state index is -4.43. The number of benzene rings is 1. The molecule has 30 heavy (non-hydrogen) atoms. The molecule has 2 amide bonds. The van der Waals surface area contributed by atoms with Crippen LogP contribution in [0.3, 0.4) is 0 Å². The molecule has 0 aliphatic rings. The van der Waals surface area contributed by atoms with E-state index in [1.54, 1.807) is 31.3 Å². The normalized spacial score (nSPS) is 11.8. The molecule has 0 aliphatic heterocycles. The summed E-state index contributed by atoms with van der Waals surface area (Å²) in [5.74, 6) is -0.550. The van der Waals surface area contributed by atoms with Crippen LogP contribution in [0.4, 0.5) is 13.2 Å². The lowest BCUT2D eigenvalue weighted by Crippen LogP contribution is -2.37. The highest BCUT2D eigenvalue weighted by atomic mass is 32.1. The monoisotopic (exact) mass is 442 g/mol. The number of nitrogens with two attached hydrogens (primary N) is 1. The van der Waals surface area contributed by atoms with Crippen LogP contribution in [0, 0.1) is 0 Å². The fourth-order valence-corrected chi connectivity index (χ4v) is 3.10. The summed E-state index contributed by atoms with van der Waals surface area (Å²) < 4.78 is 37.7. The van der Waals surface area contributed by atoms with Crippen LogP contribution < -0.4 is 21.7 Å². The molecule has 2 aromatic rings. The maximum Gasteiger partial charge on any atom is 0.434 e. The summed E-state index contributed by atoms with van der Waals surface area (Å²) in [6.45, 7) is 0.546. The van der Waals surface area contributed by atoms with Crippen LogP contribution in [0.25, 0.3) is 0 Å². The van der Waals surface area contributed by atoms with Gasteiger partial charge in [-0.15, -0.1) is 11.3 Å². The molecule has 0 radical (unpaired) electrons. The first-order valence-electron chi connectivity index (χ1n) is 8.80. The molecule has 8 nitrogen and oxygen atoms in total. The number of nitrogens with zero attached hydrogens (tertiary/aromatic N) is 2. The van der Waals surface area contributed by atoms with E-state index in [0.717, 1.165) is 22.3 Å². The predicted octanol–water partition coefficient (Wildman–Crippen LogP) is 1.28. The summed E-state index contributed by atoms with van der Waals surface area (Å²) in [4.78, 5) is 30.2. The van der Waals surface area contributed by atoms with Gasteiger partial charge in [0.2, 0.25) is 5.91 Å². The number of aromatic nitrogens is 1. The molecule has 0 saturated heterocycles. The Morgan fingerprint density at radius 2 is 1.87 bits per heavy atom. The number of aliphatic imine (C=N–C) groups is 1. The maximum absolute atomic E-state index is 12.6. The molecule has 12 heteroatoms. The second kappa shape index (κ2) is 10.6. The average molecular weight is 442 g/mol. The smallest absolute Gasteiger partial charge is 0.368 e. The minimum absolute atomic E-state index is 0.233. The first kappa shape index (κ1) is 23.1. The molecule has 2 rings (SSSR count). The number of halogens is 3. The molecule has 5 N–H and O–H groups in total. The Balaban J connectivity index is 1.78. The second-order valence-corrected chi connectivity index (χ2v) is 7.02. The van der Waals surface area contributed by atoms with E-state index in [-0.39, 0.29) is 6.54 Å². The molecule has 0 atom stereocenters. The third kappa shape index (κ3) is 7.35. The van der Waals surface area contributed by atoms with Crippen molar-refractivity contribution >= 4 is 29.1 Å². The molecule has 0 spiro atoms. The molecule has 0 aliphatic carbocycles. The zero-order valence-electron chi connectivity index (χ0n) is 16.0. The van der Waals surface area contributed by atoms with E-state index in [4.69, 9.17) is 5.73 Å². The molecule has 1 aromatic heterocycles. The van der Waals surface area contributed by atoms with Crippen molar-refractivity contribution in [2.24, 2.45) is 10.7 Å². The van der Waals surface area contributed by atoms with Crippen LogP contribution in [0.1, 0.15) is 26.6 Å². The second-order valence-electron chi connectivity index (χ2n) is 6.07. The van der Waals surface area contributed by atoms with E-state index in [1.165, 1.54) is 0 Å². The van der Waals surface area contributed by atoms with Crippen molar-refractivity contribution in [3.05, 3.63) is 51.5 Å². The van der Waals surface area contributed by atoms with Gasteiger partial charge in [-0.1, -0.05) is 12.1 Å². The van der Waals surface area contributed by atoms with Gasteiger partial charge in [0, 0.05) is 37.5 Å². The Morgan fingerprint density at radius 3 is 2.43 bits per heavy atom. The standard InChI is InChI=1S/C18H21F3N6O2S/c1-23-17(24-7-6-15-27-13(10-30-15)18(19,20)21)26-8-11-2-4-12(5-3-11)16(29)25-9-14(22)28/h2-5,10H,6-9H2,1H3,(H2,22,28)(H,25,29)(H2,23,24,26). The number of primary amides is 1. The fourth-order valence-electron chi connectivity index (χ4n) is 2.29. The van der Waals surface area contributed by atoms with E-state index < -0.39 is 23.7 Å². The van der Waals surface area contributed by atoms with Gasteiger partial charge in [-0.2, -0.15) is 13.2 Å². The van der Waals surface area contributed by atoms with Crippen molar-refractivity contribution in [1.29, 1.82) is 0 Å². The van der Waals surface area contributed by atoms with Crippen molar-refractivity contribution in [2.45, 2.75) is 19.1 Å². The number of hydrogen-bond acceptors (Lipinski definition) is 5. The largest absolute Gasteiger partial charge is 0.434 e. The van der Waals surface area contributed by atoms with Crippen LogP contribution in [0.15, 0.2) is 34.6 Å². The lowest BCUT2D eigenvalue weighted by molar-refractivity contribution is -0.140. The third-order valence-electron chi connectivity index (χ3n) is 3.80. The molecule has 1 heterocycles. The van der Waals surface area contributed by atoms with Crippen molar-refractivity contribution in [1.82, 2.24) is 20.9 Å². The molecule has 0 unspecified atom stereocenters. The van der Waals surface area contributed by atoms with Gasteiger partial charge >= 0.3 is 6.18 Å². The van der Waals surface area contributed by atoms with E-state index >= 15 is 0 Å². The van der Waals surface area contributed by atoms with Gasteiger partial charge in [0.15, 0.2) is 11.7 Å². The van der Waals surface area contributed by atoms with Gasteiger partial charge in [0.1, 0.15) is 0 Å². The van der Waals surface area contributed by atoms with Crippen LogP contribution in [0.2, 0.25) is 0 Å². The third-order valence-corrected chi connectivity index (χ3v) is 4.70. The van der Waals surface area contributed by atoms with E-state index in [0.29, 0.717) is 36.0 Å². The van der Waals surface area contributed by atoms with Crippen molar-refractivity contribution in [3.63, 3.8) is 0 Å². The molecule has 1 aromatic carbocycles. The van der Waals surface area contributed by atoms with Crippen LogP contribution in [-0.2, 0) is 23.9 Å². The van der Waals surface area contributed by atoms with Crippen molar-refractivity contribution in [3.8, 4) is 0 Å². The number of rotatable bonds is 8. The number of carbonyl (C=O) groups is 2. The van der Waals surface area contributed by atoms with Gasteiger partial charge in [0.05, 0.1) is 11.6 Å². The Bertz CT molecular complexity index is 896. The number of nitrogens with one attached hydrogen (secondary N) is 3. The Kier molecular flexibility index (Phi) is 8.16. The van der Waals surface area contributed by atoms with Crippen molar-refractivity contribution in [2.75, 3.05) is 20.1 Å². The van der Waals surface area contributed by atoms with Crippen LogP contribution >= 0.6 is 11.3 Å². The predicted molar refractivity (Wildman–Crippen MR) is 107 cm³/mol. The number of hydrogen-bond donors (Lipinski definition) is 4. The molecule has 0 saturated carbocycles. The molecular formula is C18H21F3N6O2S. The highest BCUT2D eigenvalue weighted by molar-refractivity contribution is 7.09. The number of carbonyl (C=O) groups excluding carboxylic acids is 2. The summed E-state index contributed by atoms with van der Waals surface area (Å²) in [6.07, 6.45) is -4.10. The first-order chi connectivity index (χ1) is 14.2. The van der Waals surface area contributed by atoms with Crippen LogP contribution in [0.5, 0.6) is 0 Å². The topological polar surface area (TPSA) is 122 Å². The maximum atomic E-state index is 12.6. The summed E-state index contributed by atoms with van der Waals surface area (Å²) in [5, 5.41) is 9.86. The lowest BCUT2D eigenvalue weighted by Gasteiger charge is -2.12. The van der Waals surface area contributed by atoms with Crippen molar-refractivity contribution < 1.29 is 22.8 Å². The van der Waals surface area contributed by atoms with E-state index in [2.05, 4.69) is 25.9 Å². The zero-order chi connectivity index (χ0) is 22.1. The molecule has 0 bridgehead atoms. The van der Waals surface area contributed by atoms with Gasteiger partial charge in [-0.3, -0.25) is 14.6 Å². The van der Waals surface area contributed by atoms with Gasteiger partial charge in [-0.25, -0.2) is 4.98 Å². The quantitative estimate of drug-likeness (QED) is 0.363. The fraction of sp³-hybridized carbons (Fsp3) is 0.333. The lowest BCUT2D eigenvalue weighted by atomic mass is 10.1. The zero-order valence-corrected chi connectivity index (χ0v) is 16.9. The van der Waals surface area contributed by atoms with E-state index in [9.17, 15) is 22.8 Å². The number of alkyl halides is 3. The summed E-state index contributed by atoms with van der Waals surface area (Å²) in [5.41, 5.74) is 5.37. The number of amides is 2. The van der Waals surface area contributed by atoms with E-state index in [1.807, 2.05) is 0 Å². The molecular weight excluding hydrogens is 421 g/mol.